The molecule has 0 spiro atoms. The van der Waals surface area contributed by atoms with E-state index in [9.17, 15) is 28.8 Å². The zero-order valence-electron chi connectivity index (χ0n) is 40.0. The average Bonchev–Trinajstić information content (AvgIpc) is 4.05. The minimum absolute atomic E-state index is 0.0200. The zero-order valence-corrected chi connectivity index (χ0v) is 40.0. The van der Waals surface area contributed by atoms with Crippen molar-refractivity contribution in [3.63, 3.8) is 0 Å². The smallest absolute Gasteiger partial charge is 0.329 e. The first kappa shape index (κ1) is 46.8. The van der Waals surface area contributed by atoms with Crippen molar-refractivity contribution in [1.29, 1.82) is 0 Å². The van der Waals surface area contributed by atoms with Crippen molar-refractivity contribution in [1.82, 2.24) is 34.4 Å². The molecule has 3 aliphatic rings. The minimum Gasteiger partial charge on any atom is -0.496 e. The predicted octanol–water partition coefficient (Wildman–Crippen LogP) is 6.85. The van der Waals surface area contributed by atoms with E-state index in [1.54, 1.807) is 61.0 Å². The van der Waals surface area contributed by atoms with Gasteiger partial charge in [-0.2, -0.15) is 5.10 Å². The number of nitrogens with zero attached hydrogens (tertiary/aromatic N) is 6. The van der Waals surface area contributed by atoms with Crippen LogP contribution in [0.15, 0.2) is 95.8 Å². The number of piperidine rings is 2. The first-order chi connectivity index (χ1) is 34.3. The molecular weight excluding hydrogens is 906 g/mol. The van der Waals surface area contributed by atoms with Gasteiger partial charge in [0.05, 0.1) is 29.0 Å². The second kappa shape index (κ2) is 19.1. The van der Waals surface area contributed by atoms with Crippen LogP contribution in [0.2, 0.25) is 0 Å². The Kier molecular flexibility index (Phi) is 12.6. The van der Waals surface area contributed by atoms with Gasteiger partial charge < -0.3 is 25.2 Å². The highest BCUT2D eigenvalue weighted by Gasteiger charge is 2.32. The number of likely N-dealkylation sites (tertiary alicyclic amines) is 1. The fourth-order valence-corrected chi connectivity index (χ4v) is 10.6. The fraction of sp³-hybridized carbons (Fsp3) is 0.315. The van der Waals surface area contributed by atoms with E-state index in [2.05, 4.69) is 38.1 Å². The first-order valence-corrected chi connectivity index (χ1v) is 24.0. The zero-order chi connectivity index (χ0) is 49.7. The summed E-state index contributed by atoms with van der Waals surface area (Å²) in [5, 5.41) is 12.2. The van der Waals surface area contributed by atoms with Crippen LogP contribution < -0.4 is 31.3 Å². The molecule has 0 radical (unpaired) electrons. The SMILES string of the molecule is CNC(=O)c1cccc(NC(=O)c2nn(C)c3ccc(-c4ccc(N5CCCC5=O)cc4-c4ccc(C5CCN(CCc6ccc7c(c6)n(C)c(=O)n7C6CCC(=O)NC6=O)CC5)cc4OC)c(F)c23)c1. The highest BCUT2D eigenvalue weighted by molar-refractivity contribution is 6.13. The number of fused-ring (bicyclic) bond motifs is 2. The molecule has 7 aromatic rings. The van der Waals surface area contributed by atoms with E-state index in [4.69, 9.17) is 4.74 Å². The maximum atomic E-state index is 17.3. The summed E-state index contributed by atoms with van der Waals surface area (Å²) < 4.78 is 28.0. The number of benzene rings is 5. The molecule has 3 N–H and O–H groups in total. The number of imidazole rings is 1. The predicted molar refractivity (Wildman–Crippen MR) is 268 cm³/mol. The first-order valence-electron chi connectivity index (χ1n) is 24.0. The van der Waals surface area contributed by atoms with Crippen molar-refractivity contribution in [3.05, 3.63) is 130 Å². The number of hydrogen-bond acceptors (Lipinski definition) is 9. The summed E-state index contributed by atoms with van der Waals surface area (Å²) in [5.74, 6) is -1.48. The lowest BCUT2D eigenvalue weighted by Gasteiger charge is -2.32. The van der Waals surface area contributed by atoms with Gasteiger partial charge in [0.1, 0.15) is 17.6 Å². The van der Waals surface area contributed by atoms with Crippen LogP contribution in [0.5, 0.6) is 5.75 Å². The monoisotopic (exact) mass is 959 g/mol. The summed E-state index contributed by atoms with van der Waals surface area (Å²) in [4.78, 5) is 81.1. The molecule has 3 saturated heterocycles. The molecule has 5 aromatic carbocycles. The molecule has 71 heavy (non-hydrogen) atoms. The molecular formula is C54H54FN9O7. The lowest BCUT2D eigenvalue weighted by molar-refractivity contribution is -0.135. The van der Waals surface area contributed by atoms with Crippen LogP contribution in [-0.4, -0.2) is 93.7 Å². The molecule has 16 nitrogen and oxygen atoms in total. The Balaban J connectivity index is 0.894. The third-order valence-electron chi connectivity index (χ3n) is 14.4. The van der Waals surface area contributed by atoms with Crippen LogP contribution in [0.25, 0.3) is 44.2 Å². The molecule has 1 unspecified atom stereocenters. The lowest BCUT2D eigenvalue weighted by atomic mass is 9.86. The third kappa shape index (κ3) is 8.74. The van der Waals surface area contributed by atoms with Crippen LogP contribution in [0.1, 0.15) is 82.5 Å². The van der Waals surface area contributed by atoms with Crippen molar-refractivity contribution >= 4 is 62.8 Å². The summed E-state index contributed by atoms with van der Waals surface area (Å²) in [6.07, 6.45) is 4.29. The second-order valence-corrected chi connectivity index (χ2v) is 18.6. The number of carbonyl (C=O) groups excluding carboxylic acids is 5. The molecule has 0 saturated carbocycles. The average molecular weight is 960 g/mol. The van der Waals surface area contributed by atoms with Gasteiger partial charge in [0.2, 0.25) is 17.7 Å². The van der Waals surface area contributed by atoms with Gasteiger partial charge >= 0.3 is 5.69 Å². The Morgan fingerprint density at radius 2 is 1.58 bits per heavy atom. The number of aryl methyl sites for hydroxylation is 2. The Labute approximate surface area is 408 Å². The Bertz CT molecular complexity index is 3380. The Hall–Kier alpha value is -7.92. The summed E-state index contributed by atoms with van der Waals surface area (Å²) in [6, 6.07) is 26.8. The van der Waals surface area contributed by atoms with Gasteiger partial charge in [0.25, 0.3) is 11.8 Å². The number of hydrogen-bond donors (Lipinski definition) is 3. The number of rotatable bonds is 12. The summed E-state index contributed by atoms with van der Waals surface area (Å²) >= 11 is 0. The van der Waals surface area contributed by atoms with E-state index in [-0.39, 0.29) is 58.8 Å². The standard InChI is InChI=1S/C54H54FN9O7/c1-56-51(67)34-7-5-8-35(28-34)57-53(69)50-48-42(61(3)59-50)17-15-39(49(48)55)37-14-12-36(63-23-6-9-47(63)66)30-40(37)38-13-11-33(29-45(38)71-4)32-21-25-62(26-22-32)24-20-31-10-16-41-44(27-31)60(2)54(70)64(41)43-18-19-46(65)58-52(43)68/h5,7-8,10-17,27-30,32,43H,6,9,18-26H2,1-4H3,(H,56,67)(H,57,69)(H,58,65,68). The highest BCUT2D eigenvalue weighted by atomic mass is 19.1. The summed E-state index contributed by atoms with van der Waals surface area (Å²) in [7, 11) is 6.49. The van der Waals surface area contributed by atoms with Crippen molar-refractivity contribution in [2.24, 2.45) is 14.1 Å². The number of halogens is 1. The molecule has 5 heterocycles. The molecule has 2 aromatic heterocycles. The van der Waals surface area contributed by atoms with E-state index in [0.29, 0.717) is 57.8 Å². The number of methoxy groups -OCH3 is 1. The van der Waals surface area contributed by atoms with Crippen molar-refractivity contribution in [2.45, 2.75) is 56.9 Å². The van der Waals surface area contributed by atoms with E-state index < -0.39 is 23.7 Å². The van der Waals surface area contributed by atoms with Gasteiger partial charge in [-0.25, -0.2) is 9.18 Å². The molecule has 17 heteroatoms. The fourth-order valence-electron chi connectivity index (χ4n) is 10.6. The largest absolute Gasteiger partial charge is 0.496 e. The van der Waals surface area contributed by atoms with Crippen LogP contribution in [-0.2, 0) is 34.9 Å². The van der Waals surface area contributed by atoms with Gasteiger partial charge in [-0.15, -0.1) is 0 Å². The van der Waals surface area contributed by atoms with E-state index in [1.165, 1.54) is 22.4 Å². The van der Waals surface area contributed by atoms with E-state index in [0.717, 1.165) is 67.5 Å². The number of anilines is 2. The van der Waals surface area contributed by atoms with Crippen molar-refractivity contribution in [2.75, 3.05) is 50.6 Å². The molecule has 0 aliphatic carbocycles. The second-order valence-electron chi connectivity index (χ2n) is 18.6. The number of imide groups is 1. The van der Waals surface area contributed by atoms with Gasteiger partial charge in [-0.1, -0.05) is 30.3 Å². The molecule has 10 rings (SSSR count). The normalized spacial score (nSPS) is 16.8. The molecule has 0 bridgehead atoms. The number of carbonyl (C=O) groups is 5. The number of ether oxygens (including phenoxy) is 1. The molecule has 1 atom stereocenters. The van der Waals surface area contributed by atoms with Crippen LogP contribution in [0.4, 0.5) is 15.8 Å². The van der Waals surface area contributed by atoms with Crippen LogP contribution in [0, 0.1) is 5.82 Å². The maximum Gasteiger partial charge on any atom is 0.329 e. The lowest BCUT2D eigenvalue weighted by Crippen LogP contribution is -2.44. The van der Waals surface area contributed by atoms with Crippen molar-refractivity contribution < 1.29 is 33.1 Å². The molecule has 3 aliphatic heterocycles. The summed E-state index contributed by atoms with van der Waals surface area (Å²) in [5.41, 5.74) is 7.20. The topological polar surface area (TPSA) is 182 Å². The Morgan fingerprint density at radius 1 is 0.803 bits per heavy atom. The molecule has 3 fully saturated rings. The third-order valence-corrected chi connectivity index (χ3v) is 14.4. The Morgan fingerprint density at radius 3 is 2.32 bits per heavy atom. The maximum absolute atomic E-state index is 17.3. The van der Waals surface area contributed by atoms with Crippen LogP contribution in [0.3, 0.4) is 0 Å². The number of aromatic nitrogens is 4. The number of nitrogens with one attached hydrogen (secondary N) is 3. The highest BCUT2D eigenvalue weighted by Crippen LogP contribution is 2.44. The van der Waals surface area contributed by atoms with Gasteiger partial charge in [-0.3, -0.25) is 43.1 Å². The number of amides is 5. The van der Waals surface area contributed by atoms with Crippen molar-refractivity contribution in [3.8, 4) is 28.0 Å². The van der Waals surface area contributed by atoms with Gasteiger partial charge in [0.15, 0.2) is 5.69 Å². The van der Waals surface area contributed by atoms with Gasteiger partial charge in [-0.05, 0) is 134 Å². The van der Waals surface area contributed by atoms with Gasteiger partial charge in [0, 0.05) is 75.1 Å². The quantitative estimate of drug-likeness (QED) is 0.110. The van der Waals surface area contributed by atoms with Crippen LogP contribution >= 0.6 is 0 Å². The summed E-state index contributed by atoms with van der Waals surface area (Å²) in [6.45, 7) is 3.18. The van der Waals surface area contributed by atoms with E-state index >= 15 is 4.39 Å². The molecule has 364 valence electrons. The molecule has 5 amide bonds. The van der Waals surface area contributed by atoms with E-state index in [1.807, 2.05) is 42.5 Å². The minimum atomic E-state index is -0.729.